The van der Waals surface area contributed by atoms with Crippen LogP contribution in [0.15, 0.2) is 53.0 Å². The minimum Gasteiger partial charge on any atom is -0.483 e. The van der Waals surface area contributed by atoms with Crippen molar-refractivity contribution in [2.45, 2.75) is 26.2 Å². The highest BCUT2D eigenvalue weighted by Crippen LogP contribution is 2.31. The van der Waals surface area contributed by atoms with Crippen LogP contribution in [0.3, 0.4) is 0 Å². The molecule has 0 aliphatic carbocycles. The molecule has 0 radical (unpaired) electrons. The molecule has 0 bridgehead atoms. The van der Waals surface area contributed by atoms with Gasteiger partial charge in [0.1, 0.15) is 11.6 Å². The van der Waals surface area contributed by atoms with Gasteiger partial charge in [-0.3, -0.25) is 20.4 Å². The third kappa shape index (κ3) is 6.81. The van der Waals surface area contributed by atoms with Crippen LogP contribution in [0.2, 0.25) is 0 Å². The molecule has 0 atom stereocenters. The summed E-state index contributed by atoms with van der Waals surface area (Å²) in [5.41, 5.74) is 6.32. The van der Waals surface area contributed by atoms with Crippen molar-refractivity contribution in [3.63, 3.8) is 0 Å². The van der Waals surface area contributed by atoms with E-state index in [1.54, 1.807) is 6.07 Å². The van der Waals surface area contributed by atoms with Crippen molar-refractivity contribution in [3.8, 4) is 5.75 Å². The van der Waals surface area contributed by atoms with E-state index in [0.29, 0.717) is 11.3 Å². The number of hydrogen-bond donors (Lipinski definition) is 2. The Morgan fingerprint density at radius 1 is 1.11 bits per heavy atom. The zero-order valence-electron chi connectivity index (χ0n) is 15.9. The van der Waals surface area contributed by atoms with Gasteiger partial charge in [-0.1, -0.05) is 39.0 Å². The fourth-order valence-corrected chi connectivity index (χ4v) is 2.68. The largest absolute Gasteiger partial charge is 0.483 e. The molecule has 2 aromatic rings. The standard InChI is InChI=1S/C21H22BrFN2O3/c1-21(2,3)15-7-10-18(17(22)12-15)28-13-20(27)25-24-19(26)11-6-14-4-8-16(23)9-5-14/h4-12H,13H2,1-3H3,(H,24,26)(H,25,27). The van der Waals surface area contributed by atoms with Crippen LogP contribution in [0.5, 0.6) is 5.75 Å². The molecular weight excluding hydrogens is 427 g/mol. The summed E-state index contributed by atoms with van der Waals surface area (Å²) in [6.07, 6.45) is 2.74. The summed E-state index contributed by atoms with van der Waals surface area (Å²) in [6.45, 7) is 6.07. The fourth-order valence-electron chi connectivity index (χ4n) is 2.18. The van der Waals surface area contributed by atoms with Gasteiger partial charge in [-0.2, -0.15) is 0 Å². The van der Waals surface area contributed by atoms with Gasteiger partial charge in [0, 0.05) is 6.08 Å². The van der Waals surface area contributed by atoms with Gasteiger partial charge >= 0.3 is 0 Å². The van der Waals surface area contributed by atoms with E-state index in [9.17, 15) is 14.0 Å². The Kier molecular flexibility index (Phi) is 7.34. The fraction of sp³-hybridized carbons (Fsp3) is 0.238. The molecule has 2 aromatic carbocycles. The second-order valence-corrected chi connectivity index (χ2v) is 7.96. The molecule has 0 spiro atoms. The summed E-state index contributed by atoms with van der Waals surface area (Å²) in [7, 11) is 0. The SMILES string of the molecule is CC(C)(C)c1ccc(OCC(=O)NNC(=O)C=Cc2ccc(F)cc2)c(Br)c1. The number of ether oxygens (including phenoxy) is 1. The molecule has 0 saturated carbocycles. The van der Waals surface area contributed by atoms with E-state index in [1.165, 1.54) is 36.4 Å². The molecule has 0 aliphatic heterocycles. The van der Waals surface area contributed by atoms with Crippen LogP contribution in [0, 0.1) is 5.82 Å². The Morgan fingerprint density at radius 2 is 1.79 bits per heavy atom. The van der Waals surface area contributed by atoms with Crippen molar-refractivity contribution in [1.29, 1.82) is 0 Å². The van der Waals surface area contributed by atoms with Crippen LogP contribution >= 0.6 is 15.9 Å². The highest BCUT2D eigenvalue weighted by Gasteiger charge is 2.15. The van der Waals surface area contributed by atoms with E-state index in [1.807, 2.05) is 12.1 Å². The van der Waals surface area contributed by atoms with Gasteiger partial charge in [-0.15, -0.1) is 0 Å². The first-order valence-corrected chi connectivity index (χ1v) is 9.40. The van der Waals surface area contributed by atoms with Gasteiger partial charge < -0.3 is 4.74 Å². The maximum atomic E-state index is 12.8. The molecule has 0 unspecified atom stereocenters. The Hall–Kier alpha value is -2.67. The predicted molar refractivity (Wildman–Crippen MR) is 110 cm³/mol. The molecular formula is C21H22BrFN2O3. The minimum atomic E-state index is -0.520. The third-order valence-corrected chi connectivity index (χ3v) is 4.40. The lowest BCUT2D eigenvalue weighted by Gasteiger charge is -2.20. The van der Waals surface area contributed by atoms with Gasteiger partial charge in [0.2, 0.25) is 0 Å². The number of rotatable bonds is 5. The Labute approximate surface area is 172 Å². The molecule has 148 valence electrons. The topological polar surface area (TPSA) is 67.4 Å². The van der Waals surface area contributed by atoms with Crippen LogP contribution in [-0.4, -0.2) is 18.4 Å². The van der Waals surface area contributed by atoms with E-state index in [0.717, 1.165) is 10.0 Å². The Morgan fingerprint density at radius 3 is 2.39 bits per heavy atom. The number of nitrogens with one attached hydrogen (secondary N) is 2. The molecule has 2 rings (SSSR count). The Bertz CT molecular complexity index is 874. The Balaban J connectivity index is 1.79. The van der Waals surface area contributed by atoms with Crippen LogP contribution < -0.4 is 15.6 Å². The first-order valence-electron chi connectivity index (χ1n) is 8.60. The number of amides is 2. The first kappa shape index (κ1) is 21.6. The summed E-state index contributed by atoms with van der Waals surface area (Å²) in [5.74, 6) is -0.844. The third-order valence-electron chi connectivity index (χ3n) is 3.78. The van der Waals surface area contributed by atoms with E-state index in [-0.39, 0.29) is 17.8 Å². The minimum absolute atomic E-state index is 0.00410. The lowest BCUT2D eigenvalue weighted by Crippen LogP contribution is -2.43. The maximum Gasteiger partial charge on any atom is 0.276 e. The van der Waals surface area contributed by atoms with E-state index < -0.39 is 11.8 Å². The summed E-state index contributed by atoms with van der Waals surface area (Å²) in [6, 6.07) is 11.4. The predicted octanol–water partition coefficient (Wildman–Crippen LogP) is 4.13. The highest BCUT2D eigenvalue weighted by molar-refractivity contribution is 9.10. The quantitative estimate of drug-likeness (QED) is 0.533. The van der Waals surface area contributed by atoms with Crippen LogP contribution in [0.25, 0.3) is 6.08 Å². The van der Waals surface area contributed by atoms with Crippen LogP contribution in [0.1, 0.15) is 31.9 Å². The van der Waals surface area contributed by atoms with E-state index in [4.69, 9.17) is 4.74 Å². The molecule has 0 aromatic heterocycles. The molecule has 28 heavy (non-hydrogen) atoms. The van der Waals surface area contributed by atoms with Crippen LogP contribution in [-0.2, 0) is 15.0 Å². The average Bonchev–Trinajstić information content (AvgIpc) is 2.64. The van der Waals surface area contributed by atoms with Crippen molar-refractivity contribution in [1.82, 2.24) is 10.9 Å². The van der Waals surface area contributed by atoms with Gasteiger partial charge in [-0.05, 0) is 62.8 Å². The van der Waals surface area contributed by atoms with Gasteiger partial charge in [0.05, 0.1) is 4.47 Å². The van der Waals surface area contributed by atoms with Crippen molar-refractivity contribution < 1.29 is 18.7 Å². The molecule has 0 saturated heterocycles. The zero-order chi connectivity index (χ0) is 20.7. The van der Waals surface area contributed by atoms with Crippen molar-refractivity contribution in [2.24, 2.45) is 0 Å². The maximum absolute atomic E-state index is 12.8. The second kappa shape index (κ2) is 9.50. The molecule has 5 nitrogen and oxygen atoms in total. The van der Waals surface area contributed by atoms with E-state index in [2.05, 4.69) is 47.6 Å². The lowest BCUT2D eigenvalue weighted by molar-refractivity contribution is -0.128. The summed E-state index contributed by atoms with van der Waals surface area (Å²) >= 11 is 3.44. The van der Waals surface area contributed by atoms with Gasteiger partial charge in [0.15, 0.2) is 6.61 Å². The van der Waals surface area contributed by atoms with E-state index >= 15 is 0 Å². The second-order valence-electron chi connectivity index (χ2n) is 7.11. The molecule has 2 amide bonds. The summed E-state index contributed by atoms with van der Waals surface area (Å²) < 4.78 is 19.0. The van der Waals surface area contributed by atoms with Crippen molar-refractivity contribution in [3.05, 3.63) is 70.0 Å². The number of hydrazine groups is 1. The monoisotopic (exact) mass is 448 g/mol. The van der Waals surface area contributed by atoms with Crippen molar-refractivity contribution in [2.75, 3.05) is 6.61 Å². The molecule has 0 fully saturated rings. The molecule has 0 aliphatic rings. The number of benzene rings is 2. The molecule has 0 heterocycles. The van der Waals surface area contributed by atoms with Gasteiger partial charge in [-0.25, -0.2) is 4.39 Å². The van der Waals surface area contributed by atoms with Crippen molar-refractivity contribution >= 4 is 33.8 Å². The molecule has 2 N–H and O–H groups in total. The van der Waals surface area contributed by atoms with Gasteiger partial charge in [0.25, 0.3) is 11.8 Å². The summed E-state index contributed by atoms with van der Waals surface area (Å²) in [4.78, 5) is 23.6. The highest BCUT2D eigenvalue weighted by atomic mass is 79.9. The number of halogens is 2. The summed E-state index contributed by atoms with van der Waals surface area (Å²) in [5, 5.41) is 0. The average molecular weight is 449 g/mol. The number of hydrogen-bond acceptors (Lipinski definition) is 3. The first-order chi connectivity index (χ1) is 13.1. The smallest absolute Gasteiger partial charge is 0.276 e. The normalized spacial score (nSPS) is 11.3. The zero-order valence-corrected chi connectivity index (χ0v) is 17.5. The van der Waals surface area contributed by atoms with Crippen LogP contribution in [0.4, 0.5) is 4.39 Å². The molecule has 7 heteroatoms. The number of carbonyl (C=O) groups is 2. The number of carbonyl (C=O) groups excluding carboxylic acids is 2. The lowest BCUT2D eigenvalue weighted by atomic mass is 9.87.